The molecule has 0 saturated carbocycles. The molecule has 1 aliphatic heterocycles. The molecule has 3 rings (SSSR count). The first-order valence-electron chi connectivity index (χ1n) is 7.71. The number of nitrogens with one attached hydrogen (secondary N) is 2. The van der Waals surface area contributed by atoms with Crippen LogP contribution in [0.2, 0.25) is 0 Å². The molecule has 1 atom stereocenters. The van der Waals surface area contributed by atoms with Gasteiger partial charge in [0.25, 0.3) is 0 Å². The first-order valence-corrected chi connectivity index (χ1v) is 7.71. The molecule has 0 aliphatic carbocycles. The van der Waals surface area contributed by atoms with Crippen LogP contribution in [0.25, 0.3) is 0 Å². The van der Waals surface area contributed by atoms with Crippen molar-refractivity contribution in [2.75, 3.05) is 30.4 Å². The van der Waals surface area contributed by atoms with Crippen LogP contribution >= 0.6 is 0 Å². The van der Waals surface area contributed by atoms with Gasteiger partial charge in [-0.1, -0.05) is 0 Å². The number of rotatable bonds is 6. The molecule has 1 fully saturated rings. The summed E-state index contributed by atoms with van der Waals surface area (Å²) < 4.78 is 1.83. The number of nitrogens with zero attached hydrogens (tertiary/aromatic N) is 5. The first kappa shape index (κ1) is 14.8. The summed E-state index contributed by atoms with van der Waals surface area (Å²) in [5.74, 6) is 1.86. The van der Waals surface area contributed by atoms with Crippen molar-refractivity contribution in [2.24, 2.45) is 7.05 Å². The van der Waals surface area contributed by atoms with Crippen LogP contribution in [0.15, 0.2) is 24.8 Å². The molecular formula is C15H23N7. The van der Waals surface area contributed by atoms with Gasteiger partial charge in [-0.25, -0.2) is 9.97 Å². The zero-order chi connectivity index (χ0) is 15.4. The zero-order valence-corrected chi connectivity index (χ0v) is 13.2. The van der Waals surface area contributed by atoms with Crippen molar-refractivity contribution < 1.29 is 0 Å². The lowest BCUT2D eigenvalue weighted by Gasteiger charge is -2.26. The molecule has 0 bridgehead atoms. The Labute approximate surface area is 130 Å². The van der Waals surface area contributed by atoms with Gasteiger partial charge in [0.05, 0.1) is 6.20 Å². The van der Waals surface area contributed by atoms with Crippen molar-refractivity contribution in [1.29, 1.82) is 0 Å². The molecule has 2 aromatic heterocycles. The second kappa shape index (κ2) is 6.74. The van der Waals surface area contributed by atoms with Gasteiger partial charge >= 0.3 is 0 Å². The lowest BCUT2D eigenvalue weighted by Crippen LogP contribution is -2.38. The van der Waals surface area contributed by atoms with Gasteiger partial charge in [-0.05, 0) is 12.8 Å². The number of hydrogen-bond acceptors (Lipinski definition) is 6. The summed E-state index contributed by atoms with van der Waals surface area (Å²) in [6.45, 7) is 2.86. The Hall–Kier alpha value is -2.15. The standard InChI is InChI=1S/C15H23N7/c1-16-14-6-15(19-11-18-14)22-5-3-4-13(22)9-17-7-12-8-20-21(2)10-12/h6,8,10-11,13,17H,3-5,7,9H2,1-2H3,(H,16,18,19)/t13-/m1/s1. The Kier molecular flexibility index (Phi) is 4.53. The molecule has 3 heterocycles. The van der Waals surface area contributed by atoms with Crippen molar-refractivity contribution in [3.63, 3.8) is 0 Å². The Morgan fingerprint density at radius 3 is 3.05 bits per heavy atom. The van der Waals surface area contributed by atoms with Crippen molar-refractivity contribution >= 4 is 11.6 Å². The Morgan fingerprint density at radius 1 is 1.36 bits per heavy atom. The fourth-order valence-corrected chi connectivity index (χ4v) is 2.94. The highest BCUT2D eigenvalue weighted by Gasteiger charge is 2.25. The lowest BCUT2D eigenvalue weighted by atomic mass is 10.2. The largest absolute Gasteiger partial charge is 0.373 e. The summed E-state index contributed by atoms with van der Waals surface area (Å²) in [7, 11) is 3.82. The Morgan fingerprint density at radius 2 is 2.27 bits per heavy atom. The van der Waals surface area contributed by atoms with E-state index in [4.69, 9.17) is 0 Å². The van der Waals surface area contributed by atoms with E-state index >= 15 is 0 Å². The highest BCUT2D eigenvalue weighted by molar-refractivity contribution is 5.49. The van der Waals surface area contributed by atoms with Gasteiger partial charge in [0.2, 0.25) is 0 Å². The van der Waals surface area contributed by atoms with Crippen molar-refractivity contribution in [3.8, 4) is 0 Å². The fourth-order valence-electron chi connectivity index (χ4n) is 2.94. The molecule has 2 N–H and O–H groups in total. The highest BCUT2D eigenvalue weighted by atomic mass is 15.3. The van der Waals surface area contributed by atoms with Crippen LogP contribution in [-0.4, -0.2) is 45.9 Å². The third kappa shape index (κ3) is 3.36. The van der Waals surface area contributed by atoms with Gasteiger partial charge in [0.1, 0.15) is 18.0 Å². The first-order chi connectivity index (χ1) is 10.8. The van der Waals surface area contributed by atoms with Crippen LogP contribution in [0.5, 0.6) is 0 Å². The maximum Gasteiger partial charge on any atom is 0.134 e. The summed E-state index contributed by atoms with van der Waals surface area (Å²) in [4.78, 5) is 11.0. The van der Waals surface area contributed by atoms with E-state index < -0.39 is 0 Å². The second-order valence-electron chi connectivity index (χ2n) is 5.65. The van der Waals surface area contributed by atoms with E-state index in [1.807, 2.05) is 37.2 Å². The molecular weight excluding hydrogens is 278 g/mol. The molecule has 22 heavy (non-hydrogen) atoms. The molecule has 0 amide bonds. The molecule has 7 heteroatoms. The molecule has 0 unspecified atom stereocenters. The van der Waals surface area contributed by atoms with Gasteiger partial charge in [0.15, 0.2) is 0 Å². The molecule has 118 valence electrons. The summed E-state index contributed by atoms with van der Waals surface area (Å²) in [6.07, 6.45) is 7.97. The quantitative estimate of drug-likeness (QED) is 0.830. The molecule has 2 aromatic rings. The smallest absolute Gasteiger partial charge is 0.134 e. The van der Waals surface area contributed by atoms with Crippen molar-refractivity contribution in [1.82, 2.24) is 25.1 Å². The minimum Gasteiger partial charge on any atom is -0.373 e. The van der Waals surface area contributed by atoms with Gasteiger partial charge in [-0.2, -0.15) is 5.10 Å². The van der Waals surface area contributed by atoms with E-state index in [1.165, 1.54) is 18.4 Å². The normalized spacial score (nSPS) is 17.9. The number of anilines is 2. The number of aryl methyl sites for hydroxylation is 1. The summed E-state index contributed by atoms with van der Waals surface area (Å²) in [5.41, 5.74) is 1.21. The van der Waals surface area contributed by atoms with Crippen molar-refractivity contribution in [2.45, 2.75) is 25.4 Å². The average Bonchev–Trinajstić information content (AvgIpc) is 3.16. The second-order valence-corrected chi connectivity index (χ2v) is 5.65. The summed E-state index contributed by atoms with van der Waals surface area (Å²) in [6, 6.07) is 2.50. The topological polar surface area (TPSA) is 70.9 Å². The van der Waals surface area contributed by atoms with Gasteiger partial charge in [-0.15, -0.1) is 0 Å². The van der Waals surface area contributed by atoms with Crippen LogP contribution in [0.4, 0.5) is 11.6 Å². The van der Waals surface area contributed by atoms with Gasteiger partial charge in [0, 0.05) is 57.6 Å². The van der Waals surface area contributed by atoms with Crippen LogP contribution in [0.3, 0.4) is 0 Å². The molecule has 0 aromatic carbocycles. The predicted molar refractivity (Wildman–Crippen MR) is 86.9 cm³/mol. The molecule has 0 radical (unpaired) electrons. The molecule has 1 saturated heterocycles. The number of hydrogen-bond donors (Lipinski definition) is 2. The predicted octanol–water partition coefficient (Wildman–Crippen LogP) is 1.01. The Balaban J connectivity index is 1.58. The van der Waals surface area contributed by atoms with Gasteiger partial charge in [-0.3, -0.25) is 4.68 Å². The van der Waals surface area contributed by atoms with E-state index in [9.17, 15) is 0 Å². The third-order valence-corrected chi connectivity index (χ3v) is 4.05. The lowest BCUT2D eigenvalue weighted by molar-refractivity contribution is 0.570. The maximum absolute atomic E-state index is 4.42. The average molecular weight is 301 g/mol. The molecule has 7 nitrogen and oxygen atoms in total. The minimum atomic E-state index is 0.483. The van der Waals surface area contributed by atoms with Crippen LogP contribution < -0.4 is 15.5 Å². The van der Waals surface area contributed by atoms with E-state index in [1.54, 1.807) is 6.33 Å². The number of aromatic nitrogens is 4. The van der Waals surface area contributed by atoms with Crippen LogP contribution in [0, 0.1) is 0 Å². The third-order valence-electron chi connectivity index (χ3n) is 4.05. The molecule has 0 spiro atoms. The van der Waals surface area contributed by atoms with E-state index in [2.05, 4.69) is 30.6 Å². The van der Waals surface area contributed by atoms with Gasteiger partial charge < -0.3 is 15.5 Å². The SMILES string of the molecule is CNc1cc(N2CCC[C@@H]2CNCc2cnn(C)c2)ncn1. The Bertz CT molecular complexity index is 609. The van der Waals surface area contributed by atoms with Crippen LogP contribution in [0.1, 0.15) is 18.4 Å². The highest BCUT2D eigenvalue weighted by Crippen LogP contribution is 2.24. The van der Waals surface area contributed by atoms with E-state index in [0.717, 1.165) is 31.3 Å². The van der Waals surface area contributed by atoms with E-state index in [0.29, 0.717) is 6.04 Å². The monoisotopic (exact) mass is 301 g/mol. The van der Waals surface area contributed by atoms with Crippen molar-refractivity contribution in [3.05, 3.63) is 30.4 Å². The fraction of sp³-hybridized carbons (Fsp3) is 0.533. The maximum atomic E-state index is 4.42. The van der Waals surface area contributed by atoms with Crippen LogP contribution in [-0.2, 0) is 13.6 Å². The zero-order valence-electron chi connectivity index (χ0n) is 13.2. The van der Waals surface area contributed by atoms with E-state index in [-0.39, 0.29) is 0 Å². The molecule has 1 aliphatic rings. The minimum absolute atomic E-state index is 0.483. The summed E-state index contributed by atoms with van der Waals surface area (Å²) in [5, 5.41) is 10.8. The summed E-state index contributed by atoms with van der Waals surface area (Å²) >= 11 is 0.